The molecule has 0 radical (unpaired) electrons. The summed E-state index contributed by atoms with van der Waals surface area (Å²) in [6, 6.07) is 5.54. The second-order valence-electron chi connectivity index (χ2n) is 5.00. The van der Waals surface area contributed by atoms with Crippen LogP contribution in [0.1, 0.15) is 19.3 Å². The average Bonchev–Trinajstić information content (AvgIpc) is 3.15. The number of carbonyl (C=O) groups is 1. The summed E-state index contributed by atoms with van der Waals surface area (Å²) in [5.74, 6) is 1.69. The molecule has 0 spiro atoms. The van der Waals surface area contributed by atoms with Gasteiger partial charge in [0.1, 0.15) is 11.3 Å². The molecule has 1 amide bonds. The molecule has 1 aromatic heterocycles. The predicted molar refractivity (Wildman–Crippen MR) is 81.7 cm³/mol. The van der Waals surface area contributed by atoms with Crippen molar-refractivity contribution in [2.24, 2.45) is 0 Å². The molecule has 2 heterocycles. The molecule has 0 aliphatic carbocycles. The summed E-state index contributed by atoms with van der Waals surface area (Å²) >= 11 is 1.48. The number of nitrogens with zero attached hydrogens (tertiary/aromatic N) is 2. The zero-order valence-corrected chi connectivity index (χ0v) is 12.8. The summed E-state index contributed by atoms with van der Waals surface area (Å²) in [5.41, 5.74) is 1.52. The van der Waals surface area contributed by atoms with Crippen molar-refractivity contribution in [2.75, 3.05) is 26.0 Å². The van der Waals surface area contributed by atoms with Crippen molar-refractivity contribution in [1.82, 2.24) is 9.88 Å². The fourth-order valence-corrected chi connectivity index (χ4v) is 3.19. The van der Waals surface area contributed by atoms with Gasteiger partial charge in [0.2, 0.25) is 5.91 Å². The van der Waals surface area contributed by atoms with Crippen LogP contribution in [0.5, 0.6) is 5.75 Å². The maximum Gasteiger partial charge on any atom is 0.256 e. The lowest BCUT2D eigenvalue weighted by atomic mass is 10.3. The number of thioether (sulfide) groups is 1. The minimum Gasteiger partial charge on any atom is -0.497 e. The van der Waals surface area contributed by atoms with E-state index >= 15 is 0 Å². The Kier molecular flexibility index (Phi) is 4.34. The number of ether oxygens (including phenoxy) is 1. The van der Waals surface area contributed by atoms with Crippen molar-refractivity contribution in [3.63, 3.8) is 0 Å². The first-order valence-corrected chi connectivity index (χ1v) is 8.10. The van der Waals surface area contributed by atoms with Gasteiger partial charge < -0.3 is 14.1 Å². The second-order valence-corrected chi connectivity index (χ2v) is 6.05. The molecule has 0 atom stereocenters. The molecule has 0 unspecified atom stereocenters. The van der Waals surface area contributed by atoms with Crippen molar-refractivity contribution in [3.8, 4) is 5.75 Å². The standard InChI is InChI=1S/C15H18N2O3S/c1-19-11-4-5-13-12(10-11)16-15(20-13)21-9-6-14(18)17-7-2-3-8-17/h4-5,10H,2-3,6-9H2,1H3. The Labute approximate surface area is 127 Å². The van der Waals surface area contributed by atoms with Crippen LogP contribution in [0, 0.1) is 0 Å². The SMILES string of the molecule is COc1ccc2oc(SCCC(=O)N3CCCC3)nc2c1. The lowest BCUT2D eigenvalue weighted by molar-refractivity contribution is -0.129. The summed E-state index contributed by atoms with van der Waals surface area (Å²) in [5, 5.41) is 0.604. The Morgan fingerprint density at radius 1 is 1.43 bits per heavy atom. The second kappa shape index (κ2) is 6.39. The smallest absolute Gasteiger partial charge is 0.256 e. The van der Waals surface area contributed by atoms with Gasteiger partial charge in [-0.15, -0.1) is 0 Å². The zero-order chi connectivity index (χ0) is 14.7. The van der Waals surface area contributed by atoms with Crippen molar-refractivity contribution < 1.29 is 13.9 Å². The maximum absolute atomic E-state index is 11.9. The molecule has 0 saturated carbocycles. The average molecular weight is 306 g/mol. The van der Waals surface area contributed by atoms with Crippen molar-refractivity contribution in [1.29, 1.82) is 0 Å². The zero-order valence-electron chi connectivity index (χ0n) is 12.0. The van der Waals surface area contributed by atoms with E-state index in [1.165, 1.54) is 11.8 Å². The van der Waals surface area contributed by atoms with E-state index in [4.69, 9.17) is 9.15 Å². The van der Waals surface area contributed by atoms with Gasteiger partial charge in [0.25, 0.3) is 5.22 Å². The van der Waals surface area contributed by atoms with Gasteiger partial charge in [0, 0.05) is 31.3 Å². The summed E-state index contributed by atoms with van der Waals surface area (Å²) in [7, 11) is 1.63. The molecule has 3 rings (SSSR count). The number of amides is 1. The monoisotopic (exact) mass is 306 g/mol. The third kappa shape index (κ3) is 3.32. The van der Waals surface area contributed by atoms with Crippen LogP contribution in [0.3, 0.4) is 0 Å². The number of hydrogen-bond acceptors (Lipinski definition) is 5. The molecule has 21 heavy (non-hydrogen) atoms. The van der Waals surface area contributed by atoms with Gasteiger partial charge in [-0.3, -0.25) is 4.79 Å². The third-order valence-corrected chi connectivity index (χ3v) is 4.41. The minimum absolute atomic E-state index is 0.234. The van der Waals surface area contributed by atoms with Crippen LogP contribution in [-0.2, 0) is 4.79 Å². The van der Waals surface area contributed by atoms with E-state index in [1.54, 1.807) is 7.11 Å². The predicted octanol–water partition coefficient (Wildman–Crippen LogP) is 2.94. The molecule has 1 fully saturated rings. The minimum atomic E-state index is 0.234. The quantitative estimate of drug-likeness (QED) is 0.795. The Morgan fingerprint density at radius 2 is 2.24 bits per heavy atom. The van der Waals surface area contributed by atoms with E-state index in [9.17, 15) is 4.79 Å². The van der Waals surface area contributed by atoms with Crippen molar-refractivity contribution in [3.05, 3.63) is 18.2 Å². The highest BCUT2D eigenvalue weighted by molar-refractivity contribution is 7.99. The summed E-state index contributed by atoms with van der Waals surface area (Å²) in [4.78, 5) is 18.3. The Bertz CT molecular complexity index is 635. The van der Waals surface area contributed by atoms with Gasteiger partial charge in [0.05, 0.1) is 7.11 Å². The number of rotatable bonds is 5. The Balaban J connectivity index is 1.56. The molecule has 0 bridgehead atoms. The van der Waals surface area contributed by atoms with Crippen LogP contribution in [0.2, 0.25) is 0 Å². The largest absolute Gasteiger partial charge is 0.497 e. The van der Waals surface area contributed by atoms with Crippen LogP contribution in [0.25, 0.3) is 11.1 Å². The summed E-state index contributed by atoms with van der Waals surface area (Å²) in [6.45, 7) is 1.82. The lowest BCUT2D eigenvalue weighted by Crippen LogP contribution is -2.27. The van der Waals surface area contributed by atoms with Crippen LogP contribution < -0.4 is 4.74 Å². The first-order chi connectivity index (χ1) is 10.3. The van der Waals surface area contributed by atoms with E-state index in [1.807, 2.05) is 23.1 Å². The maximum atomic E-state index is 11.9. The molecular weight excluding hydrogens is 288 g/mol. The third-order valence-electron chi connectivity index (χ3n) is 3.58. The van der Waals surface area contributed by atoms with E-state index < -0.39 is 0 Å². The Morgan fingerprint density at radius 3 is 3.00 bits per heavy atom. The van der Waals surface area contributed by atoms with Gasteiger partial charge in [0.15, 0.2) is 5.58 Å². The molecule has 1 aromatic carbocycles. The lowest BCUT2D eigenvalue weighted by Gasteiger charge is -2.14. The van der Waals surface area contributed by atoms with E-state index in [-0.39, 0.29) is 5.91 Å². The van der Waals surface area contributed by atoms with Gasteiger partial charge in [-0.05, 0) is 25.0 Å². The fourth-order valence-electron chi connectivity index (χ4n) is 2.43. The van der Waals surface area contributed by atoms with Crippen LogP contribution in [-0.4, -0.2) is 41.7 Å². The highest BCUT2D eigenvalue weighted by Gasteiger charge is 2.17. The molecule has 1 aliphatic heterocycles. The highest BCUT2D eigenvalue weighted by atomic mass is 32.2. The van der Waals surface area contributed by atoms with Gasteiger partial charge in [-0.1, -0.05) is 11.8 Å². The van der Waals surface area contributed by atoms with Crippen molar-refractivity contribution in [2.45, 2.75) is 24.5 Å². The van der Waals surface area contributed by atoms with Gasteiger partial charge in [-0.2, -0.15) is 0 Å². The number of methoxy groups -OCH3 is 1. The molecule has 112 valence electrons. The highest BCUT2D eigenvalue weighted by Crippen LogP contribution is 2.26. The number of fused-ring (bicyclic) bond motifs is 1. The molecule has 1 saturated heterocycles. The molecule has 5 nitrogen and oxygen atoms in total. The first-order valence-electron chi connectivity index (χ1n) is 7.11. The van der Waals surface area contributed by atoms with E-state index in [0.717, 1.165) is 42.8 Å². The van der Waals surface area contributed by atoms with E-state index in [2.05, 4.69) is 4.98 Å². The van der Waals surface area contributed by atoms with Gasteiger partial charge >= 0.3 is 0 Å². The molecule has 0 N–H and O–H groups in total. The van der Waals surface area contributed by atoms with Crippen LogP contribution in [0.4, 0.5) is 0 Å². The van der Waals surface area contributed by atoms with Crippen molar-refractivity contribution >= 4 is 28.8 Å². The number of hydrogen-bond donors (Lipinski definition) is 0. The molecule has 6 heteroatoms. The normalized spacial score (nSPS) is 14.8. The van der Waals surface area contributed by atoms with E-state index in [0.29, 0.717) is 17.4 Å². The molecule has 2 aromatic rings. The number of benzene rings is 1. The van der Waals surface area contributed by atoms with Gasteiger partial charge in [-0.25, -0.2) is 4.98 Å². The molecular formula is C15H18N2O3S. The number of likely N-dealkylation sites (tertiary alicyclic amines) is 1. The Hall–Kier alpha value is -1.69. The summed E-state index contributed by atoms with van der Waals surface area (Å²) in [6.07, 6.45) is 2.80. The van der Waals surface area contributed by atoms with Crippen LogP contribution in [0.15, 0.2) is 27.8 Å². The number of aromatic nitrogens is 1. The molecule has 1 aliphatic rings. The topological polar surface area (TPSA) is 55.6 Å². The first kappa shape index (κ1) is 14.3. The number of oxazole rings is 1. The fraction of sp³-hybridized carbons (Fsp3) is 0.467. The number of carbonyl (C=O) groups excluding carboxylic acids is 1. The van der Waals surface area contributed by atoms with Crippen LogP contribution >= 0.6 is 11.8 Å². The summed E-state index contributed by atoms with van der Waals surface area (Å²) < 4.78 is 10.8.